The zero-order valence-corrected chi connectivity index (χ0v) is 19.7. The van der Waals surface area contributed by atoms with Gasteiger partial charge in [0, 0.05) is 29.6 Å². The molecule has 0 unspecified atom stereocenters. The van der Waals surface area contributed by atoms with Crippen molar-refractivity contribution >= 4 is 28.4 Å². The SMILES string of the molecule is Nc1cc(-c2cccc(-n3ccc4cc(C5CC5)cc(F)c4c3=O)c2CO)nc(Nc2ccccn2)n1. The Hall–Kier alpha value is -4.63. The molecule has 1 aliphatic carbocycles. The molecule has 0 radical (unpaired) electrons. The van der Waals surface area contributed by atoms with Gasteiger partial charge in [0.05, 0.1) is 23.4 Å². The van der Waals surface area contributed by atoms with Crippen molar-refractivity contribution in [2.75, 3.05) is 11.1 Å². The Morgan fingerprint density at radius 3 is 2.70 bits per heavy atom. The Labute approximate surface area is 211 Å². The molecule has 3 aromatic heterocycles. The quantitative estimate of drug-likeness (QED) is 0.314. The first-order valence-corrected chi connectivity index (χ1v) is 11.9. The summed E-state index contributed by atoms with van der Waals surface area (Å²) in [6.45, 7) is -0.383. The van der Waals surface area contributed by atoms with E-state index in [1.54, 1.807) is 54.9 Å². The monoisotopic (exact) mass is 494 g/mol. The van der Waals surface area contributed by atoms with E-state index in [0.29, 0.717) is 39.6 Å². The molecule has 0 aliphatic heterocycles. The molecule has 4 N–H and O–H groups in total. The number of anilines is 3. The summed E-state index contributed by atoms with van der Waals surface area (Å²) in [6.07, 6.45) is 5.34. The highest BCUT2D eigenvalue weighted by Crippen LogP contribution is 2.41. The Bertz CT molecular complexity index is 1700. The molecular formula is C28H23FN6O2. The van der Waals surface area contributed by atoms with Gasteiger partial charge in [-0.05, 0) is 60.0 Å². The third-order valence-electron chi connectivity index (χ3n) is 6.52. The smallest absolute Gasteiger partial charge is 0.265 e. The lowest BCUT2D eigenvalue weighted by Crippen LogP contribution is -2.20. The molecule has 0 amide bonds. The molecule has 0 saturated heterocycles. The van der Waals surface area contributed by atoms with Crippen LogP contribution in [0.4, 0.5) is 22.0 Å². The van der Waals surface area contributed by atoms with Crippen molar-refractivity contribution in [1.82, 2.24) is 19.5 Å². The zero-order valence-electron chi connectivity index (χ0n) is 19.7. The maximum atomic E-state index is 15.1. The Balaban J connectivity index is 1.46. The van der Waals surface area contributed by atoms with E-state index in [-0.39, 0.29) is 23.8 Å². The molecule has 0 bridgehead atoms. The van der Waals surface area contributed by atoms with Crippen molar-refractivity contribution in [2.24, 2.45) is 0 Å². The zero-order chi connectivity index (χ0) is 25.5. The fourth-order valence-corrected chi connectivity index (χ4v) is 4.61. The predicted molar refractivity (Wildman–Crippen MR) is 140 cm³/mol. The highest BCUT2D eigenvalue weighted by Gasteiger charge is 2.25. The number of hydrogen-bond acceptors (Lipinski definition) is 7. The van der Waals surface area contributed by atoms with E-state index in [1.165, 1.54) is 10.6 Å². The fraction of sp³-hybridized carbons (Fsp3) is 0.143. The Morgan fingerprint density at radius 1 is 1.08 bits per heavy atom. The van der Waals surface area contributed by atoms with Crippen molar-refractivity contribution in [3.05, 3.63) is 100 Å². The summed E-state index contributed by atoms with van der Waals surface area (Å²) in [5.74, 6) is 0.837. The minimum Gasteiger partial charge on any atom is -0.392 e. The third-order valence-corrected chi connectivity index (χ3v) is 6.52. The van der Waals surface area contributed by atoms with Crippen molar-refractivity contribution in [3.8, 4) is 16.9 Å². The first-order valence-electron chi connectivity index (χ1n) is 11.9. The van der Waals surface area contributed by atoms with Gasteiger partial charge >= 0.3 is 0 Å². The number of halogens is 1. The Morgan fingerprint density at radius 2 is 1.95 bits per heavy atom. The number of aromatic nitrogens is 4. The second kappa shape index (κ2) is 9.11. The molecule has 37 heavy (non-hydrogen) atoms. The number of rotatable bonds is 6. The molecule has 3 heterocycles. The Kier molecular flexibility index (Phi) is 5.61. The lowest BCUT2D eigenvalue weighted by atomic mass is 10.0. The number of pyridine rings is 2. The fourth-order valence-electron chi connectivity index (χ4n) is 4.61. The van der Waals surface area contributed by atoms with Gasteiger partial charge in [-0.3, -0.25) is 9.36 Å². The van der Waals surface area contributed by atoms with Crippen LogP contribution in [0.1, 0.15) is 29.9 Å². The molecule has 2 aromatic carbocycles. The van der Waals surface area contributed by atoms with Crippen LogP contribution in [0.3, 0.4) is 0 Å². The summed E-state index contributed by atoms with van der Waals surface area (Å²) in [6, 6.07) is 17.3. The molecule has 1 fully saturated rings. The third kappa shape index (κ3) is 4.30. The summed E-state index contributed by atoms with van der Waals surface area (Å²) in [5, 5.41) is 14.0. The average Bonchev–Trinajstić information content (AvgIpc) is 3.74. The molecular weight excluding hydrogens is 471 g/mol. The minimum absolute atomic E-state index is 0.0225. The van der Waals surface area contributed by atoms with Gasteiger partial charge in [0.2, 0.25) is 5.95 Å². The van der Waals surface area contributed by atoms with Crippen molar-refractivity contribution in [2.45, 2.75) is 25.4 Å². The van der Waals surface area contributed by atoms with Crippen LogP contribution < -0.4 is 16.6 Å². The van der Waals surface area contributed by atoms with Gasteiger partial charge in [-0.1, -0.05) is 24.3 Å². The van der Waals surface area contributed by atoms with E-state index in [1.807, 2.05) is 12.1 Å². The second-order valence-corrected chi connectivity index (χ2v) is 9.04. The molecule has 0 atom stereocenters. The van der Waals surface area contributed by atoms with Gasteiger partial charge in [-0.2, -0.15) is 4.98 Å². The van der Waals surface area contributed by atoms with Crippen LogP contribution in [0.15, 0.2) is 77.9 Å². The van der Waals surface area contributed by atoms with Crippen LogP contribution in [0.25, 0.3) is 27.7 Å². The maximum absolute atomic E-state index is 15.1. The van der Waals surface area contributed by atoms with Gasteiger partial charge in [-0.25, -0.2) is 14.4 Å². The number of aliphatic hydroxyl groups is 1. The molecule has 6 rings (SSSR count). The molecule has 8 nitrogen and oxygen atoms in total. The largest absolute Gasteiger partial charge is 0.392 e. The molecule has 0 spiro atoms. The number of nitrogens with one attached hydrogen (secondary N) is 1. The van der Waals surface area contributed by atoms with Crippen LogP contribution >= 0.6 is 0 Å². The summed E-state index contributed by atoms with van der Waals surface area (Å²) in [4.78, 5) is 26.5. The maximum Gasteiger partial charge on any atom is 0.265 e. The lowest BCUT2D eigenvalue weighted by Gasteiger charge is -2.16. The van der Waals surface area contributed by atoms with Crippen molar-refractivity contribution in [3.63, 3.8) is 0 Å². The number of nitrogen functional groups attached to an aromatic ring is 1. The number of nitrogens with two attached hydrogens (primary N) is 1. The molecule has 1 aliphatic rings. The van der Waals surface area contributed by atoms with Gasteiger partial charge in [0.15, 0.2) is 0 Å². The summed E-state index contributed by atoms with van der Waals surface area (Å²) in [5.41, 5.74) is 8.38. The van der Waals surface area contributed by atoms with Crippen LogP contribution in [0.2, 0.25) is 0 Å². The van der Waals surface area contributed by atoms with Crippen LogP contribution in [-0.4, -0.2) is 24.6 Å². The van der Waals surface area contributed by atoms with E-state index in [2.05, 4.69) is 20.3 Å². The number of aliphatic hydroxyl groups excluding tert-OH is 1. The number of hydrogen-bond donors (Lipinski definition) is 3. The molecule has 5 aromatic rings. The molecule has 184 valence electrons. The van der Waals surface area contributed by atoms with Gasteiger partial charge in [-0.15, -0.1) is 0 Å². The van der Waals surface area contributed by atoms with E-state index >= 15 is 4.39 Å². The van der Waals surface area contributed by atoms with Crippen LogP contribution in [-0.2, 0) is 6.61 Å². The summed E-state index contributed by atoms with van der Waals surface area (Å²) >= 11 is 0. The van der Waals surface area contributed by atoms with E-state index < -0.39 is 11.4 Å². The second-order valence-electron chi connectivity index (χ2n) is 9.04. The highest BCUT2D eigenvalue weighted by atomic mass is 19.1. The minimum atomic E-state index is -0.533. The van der Waals surface area contributed by atoms with Crippen LogP contribution in [0.5, 0.6) is 0 Å². The number of fused-ring (bicyclic) bond motifs is 1. The highest BCUT2D eigenvalue weighted by molar-refractivity contribution is 5.84. The van der Waals surface area contributed by atoms with Crippen molar-refractivity contribution in [1.29, 1.82) is 0 Å². The normalized spacial score (nSPS) is 13.1. The predicted octanol–water partition coefficient (Wildman–Crippen LogP) is 4.68. The first-order chi connectivity index (χ1) is 18.0. The summed E-state index contributed by atoms with van der Waals surface area (Å²) in [7, 11) is 0. The van der Waals surface area contributed by atoms with Gasteiger partial charge in [0.25, 0.3) is 5.56 Å². The molecule has 9 heteroatoms. The standard InChI is InChI=1S/C28H23FN6O2/c29-21-13-18(16-7-8-16)12-17-9-11-35(27(37)26(17)21)23-5-3-4-19(20(23)15-36)22-14-24(30)33-28(32-22)34-25-6-1-2-10-31-25/h1-6,9-14,16,36H,7-8,15H2,(H3,30,31,32,33,34). The van der Waals surface area contributed by atoms with Gasteiger partial charge < -0.3 is 16.2 Å². The number of benzene rings is 2. The topological polar surface area (TPSA) is 119 Å². The summed E-state index contributed by atoms with van der Waals surface area (Å²) < 4.78 is 16.4. The van der Waals surface area contributed by atoms with E-state index in [9.17, 15) is 9.90 Å². The van der Waals surface area contributed by atoms with Crippen LogP contribution in [0, 0.1) is 5.82 Å². The molecule has 1 saturated carbocycles. The van der Waals surface area contributed by atoms with E-state index in [4.69, 9.17) is 5.73 Å². The lowest BCUT2D eigenvalue weighted by molar-refractivity contribution is 0.282. The van der Waals surface area contributed by atoms with E-state index in [0.717, 1.165) is 18.4 Å². The van der Waals surface area contributed by atoms with Crippen molar-refractivity contribution < 1.29 is 9.50 Å². The first kappa shape index (κ1) is 22.8. The van der Waals surface area contributed by atoms with Gasteiger partial charge in [0.1, 0.15) is 17.5 Å². The number of nitrogens with zero attached hydrogens (tertiary/aromatic N) is 4. The average molecular weight is 495 g/mol.